The lowest BCUT2D eigenvalue weighted by atomic mass is 10.2. The Labute approximate surface area is 142 Å². The molecule has 0 unspecified atom stereocenters. The van der Waals surface area contributed by atoms with Crippen molar-refractivity contribution in [3.8, 4) is 11.5 Å². The van der Waals surface area contributed by atoms with Gasteiger partial charge in [0, 0.05) is 17.3 Å². The van der Waals surface area contributed by atoms with E-state index in [0.29, 0.717) is 5.56 Å². The summed E-state index contributed by atoms with van der Waals surface area (Å²) in [6, 6.07) is 11.9. The molecule has 8 nitrogen and oxygen atoms in total. The first-order valence-electron chi connectivity index (χ1n) is 6.71. The number of hydrazone groups is 1. The van der Waals surface area contributed by atoms with Gasteiger partial charge >= 0.3 is 5.69 Å². The fourth-order valence-electron chi connectivity index (χ4n) is 1.83. The van der Waals surface area contributed by atoms with Gasteiger partial charge in [-0.2, -0.15) is 5.10 Å². The van der Waals surface area contributed by atoms with Gasteiger partial charge in [-0.25, -0.2) is 0 Å². The number of nitro benzene ring substituents is 1. The summed E-state index contributed by atoms with van der Waals surface area (Å²) in [5.41, 5.74) is 3.29. The number of thiocarbonyl (C=S) groups is 1. The van der Waals surface area contributed by atoms with E-state index in [2.05, 4.69) is 15.8 Å². The molecule has 9 heteroatoms. The second-order valence-electron chi connectivity index (χ2n) is 4.54. The van der Waals surface area contributed by atoms with Crippen LogP contribution in [0.5, 0.6) is 11.5 Å². The lowest BCUT2D eigenvalue weighted by Crippen LogP contribution is -2.23. The Kier molecular flexibility index (Phi) is 5.63. The van der Waals surface area contributed by atoms with E-state index < -0.39 is 16.4 Å². The quantitative estimate of drug-likeness (QED) is 0.330. The van der Waals surface area contributed by atoms with Crippen molar-refractivity contribution in [2.45, 2.75) is 0 Å². The van der Waals surface area contributed by atoms with Gasteiger partial charge in [0.1, 0.15) is 0 Å². The minimum atomic E-state index is -0.704. The van der Waals surface area contributed by atoms with Crippen LogP contribution in [0.15, 0.2) is 47.6 Å². The number of rotatable bonds is 5. The molecule has 0 aliphatic heterocycles. The Balaban J connectivity index is 2.07. The van der Waals surface area contributed by atoms with Crippen LogP contribution in [0.1, 0.15) is 5.56 Å². The molecule has 0 spiro atoms. The molecule has 0 heterocycles. The van der Waals surface area contributed by atoms with Crippen LogP contribution in [-0.2, 0) is 0 Å². The molecule has 2 aromatic rings. The summed E-state index contributed by atoms with van der Waals surface area (Å²) in [6.07, 6.45) is 1.33. The number of anilines is 1. The summed E-state index contributed by atoms with van der Waals surface area (Å²) in [7, 11) is 1.30. The summed E-state index contributed by atoms with van der Waals surface area (Å²) in [4.78, 5) is 10.2. The van der Waals surface area contributed by atoms with Crippen molar-refractivity contribution in [3.05, 3.63) is 58.1 Å². The van der Waals surface area contributed by atoms with Gasteiger partial charge in [0.25, 0.3) is 0 Å². The van der Waals surface area contributed by atoms with Crippen molar-refractivity contribution < 1.29 is 14.8 Å². The number of hydrogen-bond acceptors (Lipinski definition) is 6. The fourth-order valence-corrected chi connectivity index (χ4v) is 2.00. The van der Waals surface area contributed by atoms with E-state index in [0.717, 1.165) is 5.69 Å². The number of hydrogen-bond donors (Lipinski definition) is 3. The molecule has 2 aromatic carbocycles. The zero-order valence-electron chi connectivity index (χ0n) is 12.6. The van der Waals surface area contributed by atoms with E-state index in [-0.39, 0.29) is 10.9 Å². The summed E-state index contributed by atoms with van der Waals surface area (Å²) in [5.74, 6) is -0.551. The highest BCUT2D eigenvalue weighted by atomic mass is 32.1. The standard InChI is InChI=1S/C15H14N4O4S/c1-23-13-8-10(7-12(14(13)20)19(21)22)9-16-18-15(24)17-11-5-3-2-4-6-11/h2-9,20H,1H3,(H2,17,18,24). The second-order valence-corrected chi connectivity index (χ2v) is 4.95. The number of methoxy groups -OCH3 is 1. The minimum Gasteiger partial charge on any atom is -0.500 e. The maximum Gasteiger partial charge on any atom is 0.315 e. The van der Waals surface area contributed by atoms with Crippen LogP contribution >= 0.6 is 12.2 Å². The number of phenolic OH excluding ortho intramolecular Hbond substituents is 1. The van der Waals surface area contributed by atoms with E-state index >= 15 is 0 Å². The Morgan fingerprint density at radius 3 is 2.71 bits per heavy atom. The van der Waals surface area contributed by atoms with Crippen LogP contribution in [0, 0.1) is 10.1 Å². The number of nitrogens with zero attached hydrogens (tertiary/aromatic N) is 2. The van der Waals surface area contributed by atoms with Crippen molar-refractivity contribution in [1.29, 1.82) is 0 Å². The molecule has 0 saturated heterocycles. The number of para-hydroxylation sites is 1. The zero-order valence-corrected chi connectivity index (χ0v) is 13.4. The van der Waals surface area contributed by atoms with Gasteiger partial charge in [0.05, 0.1) is 18.2 Å². The van der Waals surface area contributed by atoms with Gasteiger partial charge in [-0.3, -0.25) is 15.5 Å². The molecule has 0 radical (unpaired) electrons. The van der Waals surface area contributed by atoms with Crippen LogP contribution in [0.2, 0.25) is 0 Å². The fraction of sp³-hybridized carbons (Fsp3) is 0.0667. The zero-order chi connectivity index (χ0) is 17.5. The van der Waals surface area contributed by atoms with Crippen LogP contribution in [0.3, 0.4) is 0 Å². The van der Waals surface area contributed by atoms with Gasteiger partial charge in [0.2, 0.25) is 5.75 Å². The van der Waals surface area contributed by atoms with Gasteiger partial charge in [-0.15, -0.1) is 0 Å². The third-order valence-corrected chi connectivity index (χ3v) is 3.10. The molecule has 0 aliphatic carbocycles. The number of phenols is 1. The van der Waals surface area contributed by atoms with Crippen molar-refractivity contribution in [1.82, 2.24) is 5.43 Å². The van der Waals surface area contributed by atoms with E-state index in [1.54, 1.807) is 0 Å². The van der Waals surface area contributed by atoms with E-state index in [4.69, 9.17) is 17.0 Å². The normalized spacial score (nSPS) is 10.4. The first kappa shape index (κ1) is 17.2. The average Bonchev–Trinajstić information content (AvgIpc) is 2.56. The first-order valence-corrected chi connectivity index (χ1v) is 7.12. The topological polar surface area (TPSA) is 109 Å². The molecule has 2 rings (SSSR count). The molecule has 3 N–H and O–H groups in total. The van der Waals surface area contributed by atoms with Gasteiger partial charge in [-0.05, 0) is 30.4 Å². The molecule has 0 saturated carbocycles. The maximum absolute atomic E-state index is 10.9. The van der Waals surface area contributed by atoms with E-state index in [1.807, 2.05) is 30.3 Å². The molecule has 124 valence electrons. The van der Waals surface area contributed by atoms with E-state index in [9.17, 15) is 15.2 Å². The average molecular weight is 346 g/mol. The highest BCUT2D eigenvalue weighted by Crippen LogP contribution is 2.36. The van der Waals surface area contributed by atoms with Gasteiger partial charge in [0.15, 0.2) is 10.9 Å². The first-order chi connectivity index (χ1) is 11.5. The number of benzene rings is 2. The summed E-state index contributed by atoms with van der Waals surface area (Å²) < 4.78 is 4.91. The van der Waals surface area contributed by atoms with Crippen molar-refractivity contribution in [2.75, 3.05) is 12.4 Å². The molecule has 0 bridgehead atoms. The molecule has 24 heavy (non-hydrogen) atoms. The molecule has 0 aromatic heterocycles. The van der Waals surface area contributed by atoms with E-state index in [1.165, 1.54) is 25.5 Å². The van der Waals surface area contributed by atoms with Crippen LogP contribution in [-0.4, -0.2) is 28.5 Å². The predicted molar refractivity (Wildman–Crippen MR) is 94.7 cm³/mol. The maximum atomic E-state index is 10.9. The number of nitro groups is 1. The number of ether oxygens (including phenoxy) is 1. The monoisotopic (exact) mass is 346 g/mol. The van der Waals surface area contributed by atoms with Crippen LogP contribution in [0.25, 0.3) is 0 Å². The molecule has 0 atom stereocenters. The largest absolute Gasteiger partial charge is 0.500 e. The summed E-state index contributed by atoms with van der Waals surface area (Å²) in [6.45, 7) is 0. The smallest absolute Gasteiger partial charge is 0.315 e. The highest BCUT2D eigenvalue weighted by Gasteiger charge is 2.19. The van der Waals surface area contributed by atoms with Crippen molar-refractivity contribution in [3.63, 3.8) is 0 Å². The third kappa shape index (κ3) is 4.40. The Morgan fingerprint density at radius 2 is 2.08 bits per heavy atom. The predicted octanol–water partition coefficient (Wildman–Crippen LogP) is 2.63. The highest BCUT2D eigenvalue weighted by molar-refractivity contribution is 7.80. The minimum absolute atomic E-state index is 0.0179. The van der Waals surface area contributed by atoms with Gasteiger partial charge in [-0.1, -0.05) is 18.2 Å². The Morgan fingerprint density at radius 1 is 1.38 bits per heavy atom. The number of aromatic hydroxyl groups is 1. The SMILES string of the molecule is COc1cc(C=NNC(=S)Nc2ccccc2)cc([N+](=O)[O-])c1O. The van der Waals surface area contributed by atoms with Crippen molar-refractivity contribution >= 4 is 34.9 Å². The summed E-state index contributed by atoms with van der Waals surface area (Å²) >= 11 is 5.08. The molecule has 0 amide bonds. The third-order valence-electron chi connectivity index (χ3n) is 2.91. The Hall–Kier alpha value is -3.20. The van der Waals surface area contributed by atoms with Crippen LogP contribution < -0.4 is 15.5 Å². The second kappa shape index (κ2) is 7.88. The van der Waals surface area contributed by atoms with Crippen molar-refractivity contribution in [2.24, 2.45) is 5.10 Å². The lowest BCUT2D eigenvalue weighted by Gasteiger charge is -2.07. The number of nitrogens with one attached hydrogen (secondary N) is 2. The molecular formula is C15H14N4O4S. The molecular weight excluding hydrogens is 332 g/mol. The van der Waals surface area contributed by atoms with Gasteiger partial charge < -0.3 is 15.2 Å². The molecule has 0 fully saturated rings. The Bertz CT molecular complexity index is 781. The lowest BCUT2D eigenvalue weighted by molar-refractivity contribution is -0.386. The van der Waals surface area contributed by atoms with Crippen LogP contribution in [0.4, 0.5) is 11.4 Å². The summed E-state index contributed by atoms with van der Waals surface area (Å²) in [5, 5.41) is 27.7. The molecule has 0 aliphatic rings.